The van der Waals surface area contributed by atoms with Gasteiger partial charge in [0.05, 0.1) is 10.6 Å². The van der Waals surface area contributed by atoms with Gasteiger partial charge in [-0.25, -0.2) is 23.1 Å². The monoisotopic (exact) mass is 410 g/mol. The third kappa shape index (κ3) is 5.24. The van der Waals surface area contributed by atoms with E-state index in [2.05, 4.69) is 20.0 Å². The first kappa shape index (κ1) is 20.6. The zero-order valence-electron chi connectivity index (χ0n) is 16.4. The van der Waals surface area contributed by atoms with Crippen LogP contribution in [0.1, 0.15) is 30.0 Å². The number of anilines is 1. The number of hydrogen-bond donors (Lipinski definition) is 2. The van der Waals surface area contributed by atoms with Crippen molar-refractivity contribution < 1.29 is 13.2 Å². The highest BCUT2D eigenvalue weighted by atomic mass is 32.2. The summed E-state index contributed by atoms with van der Waals surface area (Å²) in [6, 6.07) is 14.7. The van der Waals surface area contributed by atoms with Crippen molar-refractivity contribution in [1.82, 2.24) is 14.7 Å². The molecule has 1 amide bonds. The molecular weight excluding hydrogens is 388 g/mol. The lowest BCUT2D eigenvalue weighted by atomic mass is 10.1. The van der Waals surface area contributed by atoms with E-state index in [-0.39, 0.29) is 16.8 Å². The Labute approximate surface area is 170 Å². The van der Waals surface area contributed by atoms with Crippen molar-refractivity contribution in [2.45, 2.75) is 31.7 Å². The van der Waals surface area contributed by atoms with E-state index < -0.39 is 10.0 Å². The summed E-state index contributed by atoms with van der Waals surface area (Å²) in [6.45, 7) is 5.31. The third-order valence-corrected chi connectivity index (χ3v) is 5.68. The SMILES string of the molecule is Cc1nccc(-c2cccc(NC(=O)c3ccc(S(=O)(=O)NC(C)C)cc3)c2)n1. The van der Waals surface area contributed by atoms with E-state index >= 15 is 0 Å². The second kappa shape index (κ2) is 8.50. The molecule has 0 saturated carbocycles. The summed E-state index contributed by atoms with van der Waals surface area (Å²) < 4.78 is 26.9. The number of nitrogens with one attached hydrogen (secondary N) is 2. The standard InChI is InChI=1S/C21H22N4O3S/c1-14(2)25-29(27,28)19-9-7-16(8-10-19)21(26)24-18-6-4-5-17(13-18)20-11-12-22-15(3)23-20/h4-14,25H,1-3H3,(H,24,26). The maximum Gasteiger partial charge on any atom is 0.255 e. The van der Waals surface area contributed by atoms with Crippen molar-refractivity contribution in [3.8, 4) is 11.3 Å². The molecule has 0 unspecified atom stereocenters. The van der Waals surface area contributed by atoms with Crippen LogP contribution in [0.5, 0.6) is 0 Å². The van der Waals surface area contributed by atoms with Crippen LogP contribution in [0.15, 0.2) is 65.7 Å². The number of nitrogens with zero attached hydrogens (tertiary/aromatic N) is 2. The van der Waals surface area contributed by atoms with Gasteiger partial charge in [0.15, 0.2) is 0 Å². The summed E-state index contributed by atoms with van der Waals surface area (Å²) in [5.74, 6) is 0.334. The number of hydrogen-bond acceptors (Lipinski definition) is 5. The van der Waals surface area contributed by atoms with Gasteiger partial charge < -0.3 is 5.32 Å². The molecule has 2 aromatic carbocycles. The minimum atomic E-state index is -3.59. The fourth-order valence-electron chi connectivity index (χ4n) is 2.74. The summed E-state index contributed by atoms with van der Waals surface area (Å²) in [5, 5.41) is 2.83. The Balaban J connectivity index is 1.76. The molecule has 0 aliphatic heterocycles. The highest BCUT2D eigenvalue weighted by molar-refractivity contribution is 7.89. The lowest BCUT2D eigenvalue weighted by Gasteiger charge is -2.10. The van der Waals surface area contributed by atoms with Crippen molar-refractivity contribution in [1.29, 1.82) is 0 Å². The molecule has 0 bridgehead atoms. The Morgan fingerprint density at radius 1 is 1.03 bits per heavy atom. The number of aryl methyl sites for hydroxylation is 1. The molecule has 3 rings (SSSR count). The van der Waals surface area contributed by atoms with Crippen molar-refractivity contribution >= 4 is 21.6 Å². The van der Waals surface area contributed by atoms with Gasteiger partial charge in [-0.05, 0) is 63.2 Å². The van der Waals surface area contributed by atoms with Crippen LogP contribution in [-0.2, 0) is 10.0 Å². The Morgan fingerprint density at radius 3 is 2.41 bits per heavy atom. The number of rotatable bonds is 6. The molecule has 0 saturated heterocycles. The van der Waals surface area contributed by atoms with Crippen LogP contribution in [0.25, 0.3) is 11.3 Å². The smallest absolute Gasteiger partial charge is 0.255 e. The molecule has 0 atom stereocenters. The maximum atomic E-state index is 12.6. The number of carbonyl (C=O) groups excluding carboxylic acids is 1. The van der Waals surface area contributed by atoms with E-state index in [0.717, 1.165) is 11.3 Å². The number of sulfonamides is 1. The second-order valence-corrected chi connectivity index (χ2v) is 8.54. The molecule has 29 heavy (non-hydrogen) atoms. The van der Waals surface area contributed by atoms with Crippen LogP contribution < -0.4 is 10.0 Å². The van der Waals surface area contributed by atoms with Gasteiger partial charge in [0.1, 0.15) is 5.82 Å². The number of benzene rings is 2. The van der Waals surface area contributed by atoms with Gasteiger partial charge in [-0.15, -0.1) is 0 Å². The van der Waals surface area contributed by atoms with Crippen LogP contribution >= 0.6 is 0 Å². The highest BCUT2D eigenvalue weighted by Crippen LogP contribution is 2.21. The largest absolute Gasteiger partial charge is 0.322 e. The molecule has 0 radical (unpaired) electrons. The predicted molar refractivity (Wildman–Crippen MR) is 112 cm³/mol. The van der Waals surface area contributed by atoms with Crippen LogP contribution in [0, 0.1) is 6.92 Å². The molecule has 0 aliphatic carbocycles. The number of amides is 1. The van der Waals surface area contributed by atoms with Crippen molar-refractivity contribution in [3.05, 3.63) is 72.2 Å². The highest BCUT2D eigenvalue weighted by Gasteiger charge is 2.16. The minimum absolute atomic E-state index is 0.115. The van der Waals surface area contributed by atoms with Gasteiger partial charge in [0, 0.05) is 29.1 Å². The summed E-state index contributed by atoms with van der Waals surface area (Å²) in [4.78, 5) is 21.1. The zero-order valence-corrected chi connectivity index (χ0v) is 17.2. The summed E-state index contributed by atoms with van der Waals surface area (Å²) in [7, 11) is -3.59. The Morgan fingerprint density at radius 2 is 1.76 bits per heavy atom. The Hall–Kier alpha value is -3.10. The van der Waals surface area contributed by atoms with Gasteiger partial charge in [-0.2, -0.15) is 0 Å². The average Bonchev–Trinajstić information content (AvgIpc) is 2.67. The van der Waals surface area contributed by atoms with Gasteiger partial charge in [-0.1, -0.05) is 12.1 Å². The predicted octanol–water partition coefficient (Wildman–Crippen LogP) is 3.39. The topological polar surface area (TPSA) is 101 Å². The second-order valence-electron chi connectivity index (χ2n) is 6.82. The fourth-order valence-corrected chi connectivity index (χ4v) is 3.99. The van der Waals surface area contributed by atoms with Crippen molar-refractivity contribution in [2.24, 2.45) is 0 Å². The lowest BCUT2D eigenvalue weighted by Crippen LogP contribution is -2.30. The molecule has 2 N–H and O–H groups in total. The summed E-state index contributed by atoms with van der Waals surface area (Å²) in [5.41, 5.74) is 2.59. The summed E-state index contributed by atoms with van der Waals surface area (Å²) in [6.07, 6.45) is 1.69. The Bertz CT molecular complexity index is 1130. The normalized spacial score (nSPS) is 11.4. The average molecular weight is 410 g/mol. The van der Waals surface area contributed by atoms with Gasteiger partial charge >= 0.3 is 0 Å². The van der Waals surface area contributed by atoms with Crippen LogP contribution in [0.4, 0.5) is 5.69 Å². The van der Waals surface area contributed by atoms with E-state index in [1.165, 1.54) is 24.3 Å². The van der Waals surface area contributed by atoms with E-state index in [1.54, 1.807) is 32.2 Å². The number of aromatic nitrogens is 2. The third-order valence-electron chi connectivity index (χ3n) is 4.01. The lowest BCUT2D eigenvalue weighted by molar-refractivity contribution is 0.102. The Kier molecular flexibility index (Phi) is 6.05. The van der Waals surface area contributed by atoms with Crippen LogP contribution in [-0.4, -0.2) is 30.3 Å². The molecule has 0 fully saturated rings. The maximum absolute atomic E-state index is 12.6. The first-order chi connectivity index (χ1) is 13.7. The molecule has 8 heteroatoms. The van der Waals surface area contributed by atoms with Crippen LogP contribution in [0.2, 0.25) is 0 Å². The first-order valence-electron chi connectivity index (χ1n) is 9.08. The number of carbonyl (C=O) groups is 1. The molecule has 3 aromatic rings. The quantitative estimate of drug-likeness (QED) is 0.649. The molecular formula is C21H22N4O3S. The summed E-state index contributed by atoms with van der Waals surface area (Å²) >= 11 is 0. The fraction of sp³-hybridized carbons (Fsp3) is 0.190. The van der Waals surface area contributed by atoms with E-state index in [9.17, 15) is 13.2 Å². The van der Waals surface area contributed by atoms with Crippen molar-refractivity contribution in [3.63, 3.8) is 0 Å². The van der Waals surface area contributed by atoms with E-state index in [4.69, 9.17) is 0 Å². The molecule has 1 heterocycles. The van der Waals surface area contributed by atoms with E-state index in [1.807, 2.05) is 25.1 Å². The molecule has 0 spiro atoms. The van der Waals surface area contributed by atoms with Gasteiger partial charge in [0.2, 0.25) is 10.0 Å². The zero-order chi connectivity index (χ0) is 21.0. The molecule has 0 aliphatic rings. The van der Waals surface area contributed by atoms with Crippen molar-refractivity contribution in [2.75, 3.05) is 5.32 Å². The van der Waals surface area contributed by atoms with Gasteiger partial charge in [0.25, 0.3) is 5.91 Å². The minimum Gasteiger partial charge on any atom is -0.322 e. The van der Waals surface area contributed by atoms with Gasteiger partial charge in [-0.3, -0.25) is 4.79 Å². The molecule has 150 valence electrons. The molecule has 7 nitrogen and oxygen atoms in total. The first-order valence-corrected chi connectivity index (χ1v) is 10.6. The molecule has 1 aromatic heterocycles. The van der Waals surface area contributed by atoms with Crippen LogP contribution in [0.3, 0.4) is 0 Å². The van der Waals surface area contributed by atoms with E-state index in [0.29, 0.717) is 17.1 Å².